The van der Waals surface area contributed by atoms with E-state index in [1.54, 1.807) is 6.20 Å². The Kier molecular flexibility index (Phi) is 2.52. The molecule has 0 saturated heterocycles. The van der Waals surface area contributed by atoms with Crippen LogP contribution in [-0.4, -0.2) is 27.0 Å². The molecular formula is C12H10FN5O. The summed E-state index contributed by atoms with van der Waals surface area (Å²) in [4.78, 5) is 14.9. The molecule has 3 aromatic heterocycles. The summed E-state index contributed by atoms with van der Waals surface area (Å²) in [6.07, 6.45) is 4.13. The van der Waals surface area contributed by atoms with Crippen LogP contribution in [0.25, 0.3) is 22.2 Å². The van der Waals surface area contributed by atoms with E-state index in [4.69, 9.17) is 10.5 Å². The van der Waals surface area contributed by atoms with Gasteiger partial charge in [-0.1, -0.05) is 0 Å². The van der Waals surface area contributed by atoms with Crippen LogP contribution in [0.4, 0.5) is 10.2 Å². The number of hydrogen-bond donors (Lipinski definition) is 2. The van der Waals surface area contributed by atoms with E-state index in [9.17, 15) is 4.39 Å². The van der Waals surface area contributed by atoms with Gasteiger partial charge in [-0.2, -0.15) is 0 Å². The highest BCUT2D eigenvalue weighted by molar-refractivity contribution is 6.00. The smallest absolute Gasteiger partial charge is 0.221 e. The third-order valence-corrected chi connectivity index (χ3v) is 2.80. The predicted molar refractivity (Wildman–Crippen MR) is 68.0 cm³/mol. The minimum Gasteiger partial charge on any atom is -0.481 e. The second-order valence-corrected chi connectivity index (χ2v) is 3.90. The maximum atomic E-state index is 13.4. The van der Waals surface area contributed by atoms with E-state index in [2.05, 4.69) is 19.9 Å². The standard InChI is InChI=1S/C12H10FN5O/c1-19-12-7(2-6(13)3-16-12)8-4-15-11-9(8)10(14)17-5-18-11/h2-5H,1H3,(H3,14,15,17,18). The molecule has 0 saturated carbocycles. The van der Waals surface area contributed by atoms with Crippen LogP contribution in [0.15, 0.2) is 24.8 Å². The molecule has 96 valence electrons. The molecule has 3 aromatic rings. The molecule has 0 spiro atoms. The van der Waals surface area contributed by atoms with Crippen molar-refractivity contribution in [2.75, 3.05) is 12.8 Å². The first-order chi connectivity index (χ1) is 9.20. The molecule has 6 nitrogen and oxygen atoms in total. The van der Waals surface area contributed by atoms with Crippen molar-refractivity contribution < 1.29 is 9.13 Å². The monoisotopic (exact) mass is 259 g/mol. The Balaban J connectivity index is 2.33. The molecule has 0 aliphatic carbocycles. The maximum Gasteiger partial charge on any atom is 0.221 e. The SMILES string of the molecule is COc1ncc(F)cc1-c1c[nH]c2ncnc(N)c12. The minimum absolute atomic E-state index is 0.311. The van der Waals surface area contributed by atoms with E-state index in [1.807, 2.05) is 0 Å². The molecule has 0 bridgehead atoms. The van der Waals surface area contributed by atoms with Gasteiger partial charge in [-0.05, 0) is 6.07 Å². The summed E-state index contributed by atoms with van der Waals surface area (Å²) >= 11 is 0. The number of H-pyrrole nitrogens is 1. The molecule has 0 atom stereocenters. The van der Waals surface area contributed by atoms with Gasteiger partial charge >= 0.3 is 0 Å². The number of methoxy groups -OCH3 is 1. The van der Waals surface area contributed by atoms with Crippen molar-refractivity contribution in [1.82, 2.24) is 19.9 Å². The number of nitrogen functional groups attached to an aromatic ring is 1. The fourth-order valence-corrected chi connectivity index (χ4v) is 1.98. The van der Waals surface area contributed by atoms with Crippen LogP contribution in [-0.2, 0) is 0 Å². The normalized spacial score (nSPS) is 10.8. The van der Waals surface area contributed by atoms with Crippen LogP contribution in [0.2, 0.25) is 0 Å². The Morgan fingerprint density at radius 1 is 1.26 bits per heavy atom. The summed E-state index contributed by atoms with van der Waals surface area (Å²) in [6.45, 7) is 0. The van der Waals surface area contributed by atoms with Crippen molar-refractivity contribution in [1.29, 1.82) is 0 Å². The molecular weight excluding hydrogens is 249 g/mol. The Bertz CT molecular complexity index is 755. The maximum absolute atomic E-state index is 13.4. The largest absolute Gasteiger partial charge is 0.481 e. The lowest BCUT2D eigenvalue weighted by Crippen LogP contribution is -1.95. The first-order valence-electron chi connectivity index (χ1n) is 5.48. The van der Waals surface area contributed by atoms with Gasteiger partial charge in [-0.25, -0.2) is 19.3 Å². The molecule has 0 aliphatic rings. The molecule has 19 heavy (non-hydrogen) atoms. The van der Waals surface area contributed by atoms with E-state index in [-0.39, 0.29) is 0 Å². The second-order valence-electron chi connectivity index (χ2n) is 3.90. The average Bonchev–Trinajstić information content (AvgIpc) is 2.84. The summed E-state index contributed by atoms with van der Waals surface area (Å²) in [5, 5.41) is 0.619. The highest BCUT2D eigenvalue weighted by Gasteiger charge is 2.16. The fourth-order valence-electron chi connectivity index (χ4n) is 1.98. The van der Waals surface area contributed by atoms with Gasteiger partial charge in [0.25, 0.3) is 0 Å². The Labute approximate surface area is 107 Å². The van der Waals surface area contributed by atoms with Crippen LogP contribution in [0.5, 0.6) is 5.88 Å². The van der Waals surface area contributed by atoms with Crippen molar-refractivity contribution in [3.05, 3.63) is 30.6 Å². The van der Waals surface area contributed by atoms with Crippen LogP contribution < -0.4 is 10.5 Å². The number of anilines is 1. The number of aromatic amines is 1. The van der Waals surface area contributed by atoms with Crippen LogP contribution in [0.3, 0.4) is 0 Å². The van der Waals surface area contributed by atoms with Gasteiger partial charge in [0.15, 0.2) is 0 Å². The third-order valence-electron chi connectivity index (χ3n) is 2.80. The molecule has 0 aromatic carbocycles. The summed E-state index contributed by atoms with van der Waals surface area (Å²) in [7, 11) is 1.47. The Hall–Kier alpha value is -2.70. The van der Waals surface area contributed by atoms with Gasteiger partial charge in [0, 0.05) is 17.3 Å². The van der Waals surface area contributed by atoms with E-state index < -0.39 is 5.82 Å². The summed E-state index contributed by atoms with van der Waals surface area (Å²) in [5.41, 5.74) is 7.57. The van der Waals surface area contributed by atoms with Crippen molar-refractivity contribution in [2.45, 2.75) is 0 Å². The van der Waals surface area contributed by atoms with Crippen LogP contribution in [0, 0.1) is 5.82 Å². The van der Waals surface area contributed by atoms with Gasteiger partial charge < -0.3 is 15.5 Å². The summed E-state index contributed by atoms with van der Waals surface area (Å²) < 4.78 is 18.5. The van der Waals surface area contributed by atoms with Crippen LogP contribution >= 0.6 is 0 Å². The Morgan fingerprint density at radius 3 is 2.89 bits per heavy atom. The van der Waals surface area contributed by atoms with Gasteiger partial charge in [-0.15, -0.1) is 0 Å². The van der Waals surface area contributed by atoms with E-state index in [1.165, 1.54) is 19.5 Å². The first-order valence-corrected chi connectivity index (χ1v) is 5.48. The zero-order valence-electron chi connectivity index (χ0n) is 10.0. The quantitative estimate of drug-likeness (QED) is 0.731. The van der Waals surface area contributed by atoms with Crippen molar-refractivity contribution in [3.63, 3.8) is 0 Å². The van der Waals surface area contributed by atoms with Crippen LogP contribution in [0.1, 0.15) is 0 Å². The molecule has 0 radical (unpaired) electrons. The molecule has 7 heteroatoms. The van der Waals surface area contributed by atoms with Gasteiger partial charge in [0.2, 0.25) is 5.88 Å². The highest BCUT2D eigenvalue weighted by atomic mass is 19.1. The zero-order chi connectivity index (χ0) is 13.4. The Morgan fingerprint density at radius 2 is 2.11 bits per heavy atom. The van der Waals surface area contributed by atoms with Crippen molar-refractivity contribution in [3.8, 4) is 17.0 Å². The molecule has 0 fully saturated rings. The lowest BCUT2D eigenvalue weighted by atomic mass is 10.1. The molecule has 3 rings (SSSR count). The third kappa shape index (κ3) is 1.75. The number of rotatable bonds is 2. The molecule has 0 unspecified atom stereocenters. The number of nitrogens with one attached hydrogen (secondary N) is 1. The topological polar surface area (TPSA) is 89.7 Å². The number of aromatic nitrogens is 4. The predicted octanol–water partition coefficient (Wildman–Crippen LogP) is 1.75. The molecule has 3 N–H and O–H groups in total. The second kappa shape index (κ2) is 4.20. The fraction of sp³-hybridized carbons (Fsp3) is 0.0833. The number of pyridine rings is 1. The van der Waals surface area contributed by atoms with Gasteiger partial charge in [-0.3, -0.25) is 0 Å². The van der Waals surface area contributed by atoms with Crippen molar-refractivity contribution in [2.24, 2.45) is 0 Å². The summed E-state index contributed by atoms with van der Waals surface area (Å²) in [5.74, 6) is 0.165. The minimum atomic E-state index is -0.458. The number of halogens is 1. The number of hydrogen-bond acceptors (Lipinski definition) is 5. The lowest BCUT2D eigenvalue weighted by molar-refractivity contribution is 0.398. The lowest BCUT2D eigenvalue weighted by Gasteiger charge is -2.06. The number of fused-ring (bicyclic) bond motifs is 1. The van der Waals surface area contributed by atoms with Gasteiger partial charge in [0.1, 0.15) is 23.6 Å². The highest BCUT2D eigenvalue weighted by Crippen LogP contribution is 2.35. The number of nitrogens with two attached hydrogens (primary N) is 1. The zero-order valence-corrected chi connectivity index (χ0v) is 10.0. The number of nitrogens with zero attached hydrogens (tertiary/aromatic N) is 3. The first kappa shape index (κ1) is 11.4. The van der Waals surface area contributed by atoms with E-state index in [0.717, 1.165) is 6.20 Å². The van der Waals surface area contributed by atoms with E-state index >= 15 is 0 Å². The van der Waals surface area contributed by atoms with Gasteiger partial charge in [0.05, 0.1) is 18.7 Å². The molecule has 0 aliphatic heterocycles. The number of ether oxygens (including phenoxy) is 1. The van der Waals surface area contributed by atoms with Crippen molar-refractivity contribution >= 4 is 16.9 Å². The molecule has 3 heterocycles. The summed E-state index contributed by atoms with van der Waals surface area (Å²) in [6, 6.07) is 1.33. The average molecular weight is 259 g/mol. The van der Waals surface area contributed by atoms with E-state index in [0.29, 0.717) is 33.9 Å². The molecule has 0 amide bonds.